The number of fused-ring (bicyclic) bond motifs is 1. The van der Waals surface area contributed by atoms with Gasteiger partial charge in [-0.2, -0.15) is 0 Å². The number of nitrogens with zero attached hydrogens (tertiary/aromatic N) is 2. The molecule has 2 heterocycles. The second-order valence-corrected chi connectivity index (χ2v) is 7.28. The van der Waals surface area contributed by atoms with Gasteiger partial charge in [-0.05, 0) is 38.1 Å². The van der Waals surface area contributed by atoms with Crippen LogP contribution < -0.4 is 4.87 Å². The van der Waals surface area contributed by atoms with Crippen molar-refractivity contribution in [2.24, 2.45) is 4.99 Å². The molecule has 1 aromatic carbocycles. The van der Waals surface area contributed by atoms with Gasteiger partial charge in [0.1, 0.15) is 6.04 Å². The number of hydrogen-bond donors (Lipinski definition) is 1. The molecule has 0 radical (unpaired) electrons. The van der Waals surface area contributed by atoms with Crippen molar-refractivity contribution in [1.82, 2.24) is 4.57 Å². The number of allylic oxidation sites excluding steroid dienone is 1. The standard InChI is InChI=1S/C17H15BrN2O4S/c1-3-24-16(22)9(2)20-15(21)14(25-17(20)23)6-10-8-19-13-5-4-11(18)7-12(10)13/h4-9,21H,3H2,1-2H3/b10-6-. The number of esters is 1. The molecule has 130 valence electrons. The van der Waals surface area contributed by atoms with E-state index in [0.29, 0.717) is 4.88 Å². The number of carbonyl (C=O) groups is 1. The lowest BCUT2D eigenvalue weighted by molar-refractivity contribution is -0.146. The number of benzene rings is 1. The smallest absolute Gasteiger partial charge is 0.329 e. The first kappa shape index (κ1) is 17.6. The van der Waals surface area contributed by atoms with Crippen LogP contribution in [0.2, 0.25) is 0 Å². The Bertz CT molecular complexity index is 958. The average molecular weight is 423 g/mol. The molecule has 2 aromatic rings. The number of ether oxygens (including phenoxy) is 1. The van der Waals surface area contributed by atoms with E-state index in [2.05, 4.69) is 20.9 Å². The molecule has 0 saturated heterocycles. The lowest BCUT2D eigenvalue weighted by atomic mass is 10.1. The zero-order valence-electron chi connectivity index (χ0n) is 13.5. The Morgan fingerprint density at radius 2 is 2.28 bits per heavy atom. The van der Waals surface area contributed by atoms with Gasteiger partial charge in [0.25, 0.3) is 0 Å². The zero-order valence-corrected chi connectivity index (χ0v) is 15.9. The fourth-order valence-corrected chi connectivity index (χ4v) is 3.78. The Hall–Kier alpha value is -2.19. The lowest BCUT2D eigenvalue weighted by Crippen LogP contribution is -2.25. The summed E-state index contributed by atoms with van der Waals surface area (Å²) in [6.45, 7) is 3.42. The van der Waals surface area contributed by atoms with Crippen LogP contribution >= 0.6 is 27.3 Å². The van der Waals surface area contributed by atoms with Crippen LogP contribution in [-0.2, 0) is 9.53 Å². The third kappa shape index (κ3) is 3.32. The van der Waals surface area contributed by atoms with E-state index >= 15 is 0 Å². The minimum atomic E-state index is -0.894. The van der Waals surface area contributed by atoms with Gasteiger partial charge in [-0.15, -0.1) is 0 Å². The van der Waals surface area contributed by atoms with Gasteiger partial charge in [0.15, 0.2) is 0 Å². The number of carbonyl (C=O) groups excluding carboxylic acids is 1. The Kier molecular flexibility index (Phi) is 4.91. The maximum Gasteiger partial charge on any atom is 0.329 e. The molecule has 1 aliphatic rings. The summed E-state index contributed by atoms with van der Waals surface area (Å²) in [6, 6.07) is 4.81. The van der Waals surface area contributed by atoms with Crippen molar-refractivity contribution in [2.75, 3.05) is 6.61 Å². The normalized spacial score (nSPS) is 15.4. The lowest BCUT2D eigenvalue weighted by Gasteiger charge is -2.12. The molecule has 1 atom stereocenters. The van der Waals surface area contributed by atoms with Crippen LogP contribution in [0.4, 0.5) is 5.69 Å². The van der Waals surface area contributed by atoms with Crippen LogP contribution in [0.5, 0.6) is 5.88 Å². The van der Waals surface area contributed by atoms with Gasteiger partial charge in [-0.3, -0.25) is 14.4 Å². The highest BCUT2D eigenvalue weighted by atomic mass is 79.9. The van der Waals surface area contributed by atoms with Crippen molar-refractivity contribution in [2.45, 2.75) is 19.9 Å². The fourth-order valence-electron chi connectivity index (χ4n) is 2.51. The number of hydrogen-bond acceptors (Lipinski definition) is 6. The maximum absolute atomic E-state index is 12.2. The van der Waals surface area contributed by atoms with E-state index in [4.69, 9.17) is 4.74 Å². The predicted molar refractivity (Wildman–Crippen MR) is 102 cm³/mol. The Morgan fingerprint density at radius 1 is 1.52 bits per heavy atom. The van der Waals surface area contributed by atoms with Crippen LogP contribution in [0, 0.1) is 0 Å². The molecule has 0 saturated carbocycles. The molecule has 25 heavy (non-hydrogen) atoms. The number of aromatic hydroxyl groups is 1. The molecular weight excluding hydrogens is 408 g/mol. The first-order chi connectivity index (χ1) is 11.9. The first-order valence-corrected chi connectivity index (χ1v) is 9.20. The van der Waals surface area contributed by atoms with Crippen LogP contribution in [0.3, 0.4) is 0 Å². The van der Waals surface area contributed by atoms with E-state index in [0.717, 1.165) is 37.2 Å². The van der Waals surface area contributed by atoms with Gasteiger partial charge in [0, 0.05) is 21.8 Å². The predicted octanol–water partition coefficient (Wildman–Crippen LogP) is 3.76. The summed E-state index contributed by atoms with van der Waals surface area (Å²) < 4.78 is 6.88. The molecule has 1 N–H and O–H groups in total. The van der Waals surface area contributed by atoms with Crippen molar-refractivity contribution in [3.8, 4) is 5.88 Å². The zero-order chi connectivity index (χ0) is 18.1. The monoisotopic (exact) mass is 422 g/mol. The molecular formula is C17H15BrN2O4S. The van der Waals surface area contributed by atoms with E-state index in [9.17, 15) is 14.7 Å². The molecule has 3 rings (SSSR count). The Morgan fingerprint density at radius 3 is 3.00 bits per heavy atom. The Labute approximate surface area is 156 Å². The second-order valence-electron chi connectivity index (χ2n) is 5.37. The van der Waals surface area contributed by atoms with Gasteiger partial charge in [0.2, 0.25) is 5.88 Å². The van der Waals surface area contributed by atoms with Crippen molar-refractivity contribution < 1.29 is 14.6 Å². The molecule has 6 nitrogen and oxygen atoms in total. The number of halogens is 1. The van der Waals surface area contributed by atoms with E-state index < -0.39 is 16.9 Å². The summed E-state index contributed by atoms with van der Waals surface area (Å²) in [5.41, 5.74) is 2.50. The summed E-state index contributed by atoms with van der Waals surface area (Å²) in [5.74, 6) is -0.812. The van der Waals surface area contributed by atoms with E-state index in [1.165, 1.54) is 6.92 Å². The van der Waals surface area contributed by atoms with E-state index in [-0.39, 0.29) is 12.5 Å². The summed E-state index contributed by atoms with van der Waals surface area (Å²) in [5, 5.41) is 10.4. The molecule has 0 amide bonds. The molecule has 0 bridgehead atoms. The third-order valence-electron chi connectivity index (χ3n) is 3.76. The number of aromatic nitrogens is 1. The molecule has 1 unspecified atom stereocenters. The summed E-state index contributed by atoms with van der Waals surface area (Å²) in [6.07, 6.45) is 3.37. The molecule has 1 aliphatic heterocycles. The van der Waals surface area contributed by atoms with Gasteiger partial charge in [-0.1, -0.05) is 27.3 Å². The van der Waals surface area contributed by atoms with E-state index in [1.54, 1.807) is 19.2 Å². The van der Waals surface area contributed by atoms with Crippen molar-refractivity contribution in [3.63, 3.8) is 0 Å². The first-order valence-electron chi connectivity index (χ1n) is 7.59. The van der Waals surface area contributed by atoms with Crippen molar-refractivity contribution in [3.05, 3.63) is 42.8 Å². The number of thiazole rings is 1. The van der Waals surface area contributed by atoms with Gasteiger partial charge in [0.05, 0.1) is 17.2 Å². The minimum absolute atomic E-state index is 0.210. The molecule has 0 fully saturated rings. The Balaban J connectivity index is 2.01. The van der Waals surface area contributed by atoms with Crippen molar-refractivity contribution in [1.29, 1.82) is 0 Å². The summed E-state index contributed by atoms with van der Waals surface area (Å²) >= 11 is 4.29. The number of aliphatic imine (C=N–C) groups is 1. The molecule has 8 heteroatoms. The average Bonchev–Trinajstić information content (AvgIpc) is 3.08. The molecule has 0 spiro atoms. The number of rotatable bonds is 4. The van der Waals surface area contributed by atoms with Crippen LogP contribution in [0.25, 0.3) is 11.6 Å². The molecule has 0 aliphatic carbocycles. The second kappa shape index (κ2) is 6.97. The molecule has 1 aromatic heterocycles. The fraction of sp³-hybridized carbons (Fsp3) is 0.235. The topological polar surface area (TPSA) is 80.9 Å². The summed E-state index contributed by atoms with van der Waals surface area (Å²) in [7, 11) is 0. The van der Waals surface area contributed by atoms with Gasteiger partial charge >= 0.3 is 10.8 Å². The highest BCUT2D eigenvalue weighted by molar-refractivity contribution is 9.10. The highest BCUT2D eigenvalue weighted by Gasteiger charge is 2.24. The summed E-state index contributed by atoms with van der Waals surface area (Å²) in [4.78, 5) is 28.4. The van der Waals surface area contributed by atoms with Crippen molar-refractivity contribution >= 4 is 56.8 Å². The SMILES string of the molecule is CCOC(=O)C(C)n1c(O)c(/C=C2/C=Nc3ccc(Br)cc32)sc1=O. The quantitative estimate of drug-likeness (QED) is 0.760. The maximum atomic E-state index is 12.2. The van der Waals surface area contributed by atoms with Crippen LogP contribution in [0.1, 0.15) is 30.3 Å². The van der Waals surface area contributed by atoms with Gasteiger partial charge < -0.3 is 9.84 Å². The van der Waals surface area contributed by atoms with Gasteiger partial charge in [-0.25, -0.2) is 4.79 Å². The largest absolute Gasteiger partial charge is 0.493 e. The van der Waals surface area contributed by atoms with Crippen LogP contribution in [-0.4, -0.2) is 28.5 Å². The van der Waals surface area contributed by atoms with Crippen LogP contribution in [0.15, 0.2) is 32.5 Å². The minimum Gasteiger partial charge on any atom is -0.493 e. The van der Waals surface area contributed by atoms with E-state index in [1.807, 2.05) is 18.2 Å². The third-order valence-corrected chi connectivity index (χ3v) is 5.14. The highest BCUT2D eigenvalue weighted by Crippen LogP contribution is 2.36.